The van der Waals surface area contributed by atoms with Crippen molar-refractivity contribution in [2.45, 2.75) is 66.2 Å². The Bertz CT molecular complexity index is 228. The van der Waals surface area contributed by atoms with Crippen molar-refractivity contribution in [3.8, 4) is 0 Å². The fraction of sp³-hybridized carbons (Fsp3) is 0.889. The van der Waals surface area contributed by atoms with E-state index in [0.717, 1.165) is 24.1 Å². The molecule has 0 aliphatic carbocycles. The van der Waals surface area contributed by atoms with Crippen LogP contribution in [-0.4, -0.2) is 31.6 Å². The standard InChI is InChI=1S/C16H32N2.C2H6/c1-14(2)7-5-6-8-16-9-11-18(12-10-16)13-15(3)17-4;1-2/h14,16-17H,3,5-13H2,1-2,4H3;1-2H3. The molecule has 20 heavy (non-hydrogen) atoms. The van der Waals surface area contributed by atoms with Crippen LogP contribution in [0.2, 0.25) is 0 Å². The Balaban J connectivity index is 0.00000172. The van der Waals surface area contributed by atoms with Gasteiger partial charge in [0.25, 0.3) is 0 Å². The zero-order chi connectivity index (χ0) is 15.4. The third-order valence-electron chi connectivity index (χ3n) is 4.12. The Kier molecular flexibility index (Phi) is 12.0. The summed E-state index contributed by atoms with van der Waals surface area (Å²) in [5.41, 5.74) is 1.14. The molecule has 0 bridgehead atoms. The highest BCUT2D eigenvalue weighted by molar-refractivity contribution is 4.93. The molecule has 0 aromatic rings. The van der Waals surface area contributed by atoms with Crippen molar-refractivity contribution in [3.05, 3.63) is 12.3 Å². The Morgan fingerprint density at radius 3 is 2.30 bits per heavy atom. The Morgan fingerprint density at radius 2 is 1.80 bits per heavy atom. The van der Waals surface area contributed by atoms with E-state index in [1.807, 2.05) is 20.9 Å². The first kappa shape index (κ1) is 19.5. The van der Waals surface area contributed by atoms with Crippen LogP contribution in [0.4, 0.5) is 0 Å². The Labute approximate surface area is 128 Å². The van der Waals surface area contributed by atoms with E-state index in [0.29, 0.717) is 0 Å². The first-order chi connectivity index (χ1) is 9.61. The second kappa shape index (κ2) is 12.3. The maximum absolute atomic E-state index is 4.01. The highest BCUT2D eigenvalue weighted by Gasteiger charge is 2.18. The first-order valence-corrected chi connectivity index (χ1v) is 8.69. The topological polar surface area (TPSA) is 15.3 Å². The van der Waals surface area contributed by atoms with Gasteiger partial charge in [-0.15, -0.1) is 0 Å². The van der Waals surface area contributed by atoms with Crippen molar-refractivity contribution < 1.29 is 0 Å². The summed E-state index contributed by atoms with van der Waals surface area (Å²) in [6, 6.07) is 0. The lowest BCUT2D eigenvalue weighted by Crippen LogP contribution is -2.36. The van der Waals surface area contributed by atoms with Gasteiger partial charge in [-0.2, -0.15) is 0 Å². The van der Waals surface area contributed by atoms with E-state index in [1.165, 1.54) is 51.6 Å². The number of piperidine rings is 1. The Morgan fingerprint density at radius 1 is 1.20 bits per heavy atom. The van der Waals surface area contributed by atoms with Gasteiger partial charge in [0, 0.05) is 19.3 Å². The molecule has 0 aromatic carbocycles. The molecule has 0 aromatic heterocycles. The fourth-order valence-electron chi connectivity index (χ4n) is 2.77. The molecule has 0 saturated carbocycles. The molecule has 2 nitrogen and oxygen atoms in total. The van der Waals surface area contributed by atoms with Gasteiger partial charge in [-0.25, -0.2) is 0 Å². The van der Waals surface area contributed by atoms with Crippen molar-refractivity contribution in [1.29, 1.82) is 0 Å². The van der Waals surface area contributed by atoms with Crippen LogP contribution in [0.15, 0.2) is 12.3 Å². The van der Waals surface area contributed by atoms with Gasteiger partial charge < -0.3 is 5.32 Å². The minimum absolute atomic E-state index is 0.874. The average Bonchev–Trinajstić information content (AvgIpc) is 2.47. The van der Waals surface area contributed by atoms with Crippen LogP contribution in [0.25, 0.3) is 0 Å². The zero-order valence-corrected chi connectivity index (χ0v) is 14.7. The first-order valence-electron chi connectivity index (χ1n) is 8.69. The highest BCUT2D eigenvalue weighted by Crippen LogP contribution is 2.23. The summed E-state index contributed by atoms with van der Waals surface area (Å²) in [6.45, 7) is 16.2. The van der Waals surface area contributed by atoms with Crippen LogP contribution in [0, 0.1) is 11.8 Å². The number of unbranched alkanes of at least 4 members (excludes halogenated alkanes) is 1. The highest BCUT2D eigenvalue weighted by atomic mass is 15.1. The van der Waals surface area contributed by atoms with Crippen LogP contribution >= 0.6 is 0 Å². The minimum Gasteiger partial charge on any atom is -0.391 e. The number of hydrogen-bond donors (Lipinski definition) is 1. The molecule has 0 unspecified atom stereocenters. The van der Waals surface area contributed by atoms with E-state index in [4.69, 9.17) is 0 Å². The summed E-state index contributed by atoms with van der Waals surface area (Å²) in [5, 5.41) is 3.14. The fourth-order valence-corrected chi connectivity index (χ4v) is 2.77. The molecule has 1 rings (SSSR count). The maximum Gasteiger partial charge on any atom is 0.0375 e. The lowest BCUT2D eigenvalue weighted by molar-refractivity contribution is 0.187. The molecule has 2 heteroatoms. The summed E-state index contributed by atoms with van der Waals surface area (Å²) < 4.78 is 0. The van der Waals surface area contributed by atoms with Crippen molar-refractivity contribution in [2.75, 3.05) is 26.7 Å². The minimum atomic E-state index is 0.874. The van der Waals surface area contributed by atoms with Crippen LogP contribution in [0.1, 0.15) is 66.2 Å². The van der Waals surface area contributed by atoms with E-state index in [1.54, 1.807) is 0 Å². The van der Waals surface area contributed by atoms with E-state index >= 15 is 0 Å². The van der Waals surface area contributed by atoms with Crippen molar-refractivity contribution in [1.82, 2.24) is 10.2 Å². The number of rotatable bonds is 8. The molecule has 1 aliphatic rings. The zero-order valence-electron chi connectivity index (χ0n) is 14.7. The third-order valence-corrected chi connectivity index (χ3v) is 4.12. The number of hydrogen-bond acceptors (Lipinski definition) is 2. The molecule has 0 atom stereocenters. The quantitative estimate of drug-likeness (QED) is 0.651. The second-order valence-electron chi connectivity index (χ2n) is 6.25. The largest absolute Gasteiger partial charge is 0.391 e. The average molecular weight is 283 g/mol. The number of likely N-dealkylation sites (N-methyl/N-ethyl adjacent to an activating group) is 1. The smallest absolute Gasteiger partial charge is 0.0375 e. The summed E-state index contributed by atoms with van der Waals surface area (Å²) in [5.74, 6) is 1.86. The lowest BCUT2D eigenvalue weighted by Gasteiger charge is -2.32. The predicted molar refractivity (Wildman–Crippen MR) is 92.0 cm³/mol. The van der Waals surface area contributed by atoms with E-state index in [9.17, 15) is 0 Å². The van der Waals surface area contributed by atoms with Gasteiger partial charge in [0.15, 0.2) is 0 Å². The maximum atomic E-state index is 4.01. The second-order valence-corrected chi connectivity index (χ2v) is 6.25. The van der Waals surface area contributed by atoms with Crippen molar-refractivity contribution in [3.63, 3.8) is 0 Å². The van der Waals surface area contributed by atoms with Crippen LogP contribution in [0.5, 0.6) is 0 Å². The van der Waals surface area contributed by atoms with Crippen LogP contribution < -0.4 is 5.32 Å². The monoisotopic (exact) mass is 282 g/mol. The molecule has 120 valence electrons. The summed E-state index contributed by atoms with van der Waals surface area (Å²) in [7, 11) is 1.96. The molecule has 1 N–H and O–H groups in total. The van der Waals surface area contributed by atoms with E-state index in [2.05, 4.69) is 30.6 Å². The molecule has 1 saturated heterocycles. The molecule has 1 fully saturated rings. The Hall–Kier alpha value is -0.500. The molecular weight excluding hydrogens is 244 g/mol. The number of nitrogens with one attached hydrogen (secondary N) is 1. The molecular formula is C18H38N2. The number of nitrogens with zero attached hydrogens (tertiary/aromatic N) is 1. The van der Waals surface area contributed by atoms with E-state index < -0.39 is 0 Å². The molecule has 0 amide bonds. The summed E-state index contributed by atoms with van der Waals surface area (Å²) in [6.07, 6.45) is 8.49. The summed E-state index contributed by atoms with van der Waals surface area (Å²) >= 11 is 0. The summed E-state index contributed by atoms with van der Waals surface area (Å²) in [4.78, 5) is 2.53. The predicted octanol–water partition coefficient (Wildman–Crippen LogP) is 4.67. The third kappa shape index (κ3) is 9.41. The van der Waals surface area contributed by atoms with Crippen LogP contribution in [0.3, 0.4) is 0 Å². The lowest BCUT2D eigenvalue weighted by atomic mass is 9.90. The van der Waals surface area contributed by atoms with Gasteiger partial charge in [-0.05, 0) is 37.8 Å². The molecule has 0 radical (unpaired) electrons. The van der Waals surface area contributed by atoms with Crippen LogP contribution in [-0.2, 0) is 0 Å². The van der Waals surface area contributed by atoms with Gasteiger partial charge in [0.1, 0.15) is 0 Å². The van der Waals surface area contributed by atoms with Crippen molar-refractivity contribution in [2.24, 2.45) is 11.8 Å². The van der Waals surface area contributed by atoms with Gasteiger partial charge in [-0.1, -0.05) is 60.0 Å². The molecule has 1 aliphatic heterocycles. The van der Waals surface area contributed by atoms with Gasteiger partial charge in [0.05, 0.1) is 0 Å². The molecule has 1 heterocycles. The van der Waals surface area contributed by atoms with Gasteiger partial charge in [0.2, 0.25) is 0 Å². The number of likely N-dealkylation sites (tertiary alicyclic amines) is 1. The van der Waals surface area contributed by atoms with Crippen molar-refractivity contribution >= 4 is 0 Å². The van der Waals surface area contributed by atoms with E-state index in [-0.39, 0.29) is 0 Å². The normalized spacial score (nSPS) is 16.7. The van der Waals surface area contributed by atoms with Gasteiger partial charge >= 0.3 is 0 Å². The van der Waals surface area contributed by atoms with Gasteiger partial charge in [-0.3, -0.25) is 4.90 Å². The molecule has 0 spiro atoms. The SMILES string of the molecule is C=C(CN1CCC(CCCCC(C)C)CC1)NC.CC.